The predicted octanol–water partition coefficient (Wildman–Crippen LogP) is 5.27. The Hall–Kier alpha value is -5.05. The van der Waals surface area contributed by atoms with Crippen LogP contribution in [0.3, 0.4) is 0 Å². The topological polar surface area (TPSA) is 105 Å². The molecule has 2 heterocycles. The lowest BCUT2D eigenvalue weighted by atomic mass is 10.2. The molecule has 5 rings (SSSR count). The molecule has 0 bridgehead atoms. The minimum atomic E-state index is -0.441. The van der Waals surface area contributed by atoms with Gasteiger partial charge in [0.15, 0.2) is 5.82 Å². The Morgan fingerprint density at radius 3 is 2.46 bits per heavy atom. The van der Waals surface area contributed by atoms with Crippen molar-refractivity contribution in [3.05, 3.63) is 116 Å². The fourth-order valence-corrected chi connectivity index (χ4v) is 4.38. The van der Waals surface area contributed by atoms with E-state index in [4.69, 9.17) is 9.72 Å². The number of nitro groups is 1. The number of methoxy groups -OCH3 is 1. The van der Waals surface area contributed by atoms with Gasteiger partial charge in [0, 0.05) is 34.6 Å². The van der Waals surface area contributed by atoms with E-state index in [-0.39, 0.29) is 11.2 Å². The zero-order valence-corrected chi connectivity index (χ0v) is 20.5. The number of ether oxygens (including phenoxy) is 1. The minimum Gasteiger partial charge on any atom is -0.495 e. The summed E-state index contributed by atoms with van der Waals surface area (Å²) < 4.78 is 8.64. The van der Waals surface area contributed by atoms with Crippen LogP contribution in [-0.2, 0) is 0 Å². The Kier molecular flexibility index (Phi) is 6.10. The molecule has 0 atom stereocenters. The summed E-state index contributed by atoms with van der Waals surface area (Å²) in [6.45, 7) is 3.77. The molecule has 0 amide bonds. The molecule has 0 aliphatic rings. The average molecular weight is 494 g/mol. The third-order valence-electron chi connectivity index (χ3n) is 6.18. The Morgan fingerprint density at radius 1 is 1.00 bits per heavy atom. The molecule has 9 nitrogen and oxygen atoms in total. The van der Waals surface area contributed by atoms with E-state index in [9.17, 15) is 14.9 Å². The summed E-state index contributed by atoms with van der Waals surface area (Å²) in [7, 11) is 1.52. The highest BCUT2D eigenvalue weighted by Crippen LogP contribution is 2.31. The van der Waals surface area contributed by atoms with Gasteiger partial charge in [-0.3, -0.25) is 14.9 Å². The van der Waals surface area contributed by atoms with Gasteiger partial charge in [-0.2, -0.15) is 9.78 Å². The van der Waals surface area contributed by atoms with Gasteiger partial charge in [0.1, 0.15) is 5.75 Å². The van der Waals surface area contributed by atoms with Crippen LogP contribution in [0.5, 0.6) is 5.75 Å². The van der Waals surface area contributed by atoms with Crippen LogP contribution in [0.1, 0.15) is 17.0 Å². The summed E-state index contributed by atoms with van der Waals surface area (Å²) in [6.07, 6.45) is 1.60. The summed E-state index contributed by atoms with van der Waals surface area (Å²) >= 11 is 0. The second kappa shape index (κ2) is 9.54. The fourth-order valence-electron chi connectivity index (χ4n) is 4.38. The number of non-ortho nitro benzene ring substituents is 1. The molecule has 184 valence electrons. The smallest absolute Gasteiger partial charge is 0.282 e. The quantitative estimate of drug-likeness (QED) is 0.182. The first-order valence-corrected chi connectivity index (χ1v) is 11.5. The highest BCUT2D eigenvalue weighted by Gasteiger charge is 2.18. The second-order valence-electron chi connectivity index (χ2n) is 8.46. The Morgan fingerprint density at radius 2 is 1.73 bits per heavy atom. The predicted molar refractivity (Wildman–Crippen MR) is 143 cm³/mol. The molecule has 0 spiro atoms. The van der Waals surface area contributed by atoms with Gasteiger partial charge in [-0.25, -0.2) is 4.98 Å². The lowest BCUT2D eigenvalue weighted by Crippen LogP contribution is -2.20. The lowest BCUT2D eigenvalue weighted by Gasteiger charge is -2.13. The van der Waals surface area contributed by atoms with Gasteiger partial charge in [0.2, 0.25) is 0 Å². The van der Waals surface area contributed by atoms with Crippen LogP contribution in [0.4, 0.5) is 5.69 Å². The molecule has 0 N–H and O–H groups in total. The highest BCUT2D eigenvalue weighted by atomic mass is 16.6. The Balaban J connectivity index is 1.66. The molecule has 0 saturated carbocycles. The number of para-hydroxylation sites is 1. The third-order valence-corrected chi connectivity index (χ3v) is 6.18. The van der Waals surface area contributed by atoms with Crippen LogP contribution in [0, 0.1) is 24.0 Å². The van der Waals surface area contributed by atoms with Crippen LogP contribution in [0.15, 0.2) is 88.8 Å². The highest BCUT2D eigenvalue weighted by molar-refractivity contribution is 5.83. The molecular weight excluding hydrogens is 470 g/mol. The number of hydrogen-bond donors (Lipinski definition) is 0. The number of nitro benzene ring substituents is 1. The molecule has 0 fully saturated rings. The maximum atomic E-state index is 13.4. The number of rotatable bonds is 6. The van der Waals surface area contributed by atoms with Crippen molar-refractivity contribution in [3.8, 4) is 22.8 Å². The van der Waals surface area contributed by atoms with Gasteiger partial charge in [-0.05, 0) is 38.1 Å². The Labute approximate surface area is 212 Å². The lowest BCUT2D eigenvalue weighted by molar-refractivity contribution is -0.384. The van der Waals surface area contributed by atoms with E-state index in [0.29, 0.717) is 28.2 Å². The van der Waals surface area contributed by atoms with Crippen LogP contribution in [0.2, 0.25) is 0 Å². The van der Waals surface area contributed by atoms with Crippen molar-refractivity contribution in [2.75, 3.05) is 7.11 Å². The zero-order chi connectivity index (χ0) is 26.1. The number of fused-ring (bicyclic) bond motifs is 1. The first-order valence-electron chi connectivity index (χ1n) is 11.5. The van der Waals surface area contributed by atoms with E-state index in [1.165, 1.54) is 23.9 Å². The molecule has 3 aromatic carbocycles. The second-order valence-corrected chi connectivity index (χ2v) is 8.46. The van der Waals surface area contributed by atoms with Crippen molar-refractivity contribution in [2.24, 2.45) is 5.10 Å². The van der Waals surface area contributed by atoms with Crippen LogP contribution < -0.4 is 10.3 Å². The van der Waals surface area contributed by atoms with Crippen molar-refractivity contribution in [1.29, 1.82) is 0 Å². The van der Waals surface area contributed by atoms with E-state index in [1.54, 1.807) is 30.5 Å². The molecule has 0 aliphatic heterocycles. The van der Waals surface area contributed by atoms with Crippen molar-refractivity contribution in [3.63, 3.8) is 0 Å². The summed E-state index contributed by atoms with van der Waals surface area (Å²) in [5.74, 6) is 0.923. The standard InChI is InChI=1S/C28H23N5O4/c1-18-15-21(19(2)31(18)25-16-22(33(35)36)13-14-26(25)37-3)17-29-32-27(20-9-5-4-6-10-20)30-24-12-8-7-11-23(24)28(32)34/h4-17H,1-3H3. The van der Waals surface area contributed by atoms with Gasteiger partial charge in [-0.1, -0.05) is 42.5 Å². The van der Waals surface area contributed by atoms with E-state index < -0.39 is 4.92 Å². The van der Waals surface area contributed by atoms with Crippen molar-refractivity contribution in [2.45, 2.75) is 13.8 Å². The monoisotopic (exact) mass is 493 g/mol. The van der Waals surface area contributed by atoms with E-state index in [0.717, 1.165) is 22.5 Å². The fraction of sp³-hybridized carbons (Fsp3) is 0.107. The molecule has 37 heavy (non-hydrogen) atoms. The van der Waals surface area contributed by atoms with Gasteiger partial charge in [0.05, 0.1) is 34.8 Å². The summed E-state index contributed by atoms with van der Waals surface area (Å²) in [4.78, 5) is 29.1. The third kappa shape index (κ3) is 4.27. The maximum Gasteiger partial charge on any atom is 0.282 e. The molecule has 0 unspecified atom stereocenters. The normalized spacial score (nSPS) is 11.3. The maximum absolute atomic E-state index is 13.4. The zero-order valence-electron chi connectivity index (χ0n) is 20.5. The average Bonchev–Trinajstić information content (AvgIpc) is 3.20. The van der Waals surface area contributed by atoms with Crippen LogP contribution in [-0.4, -0.2) is 32.5 Å². The number of hydrogen-bond acceptors (Lipinski definition) is 6. The Bertz CT molecular complexity index is 1740. The van der Waals surface area contributed by atoms with Gasteiger partial charge < -0.3 is 9.30 Å². The molecule has 0 radical (unpaired) electrons. The van der Waals surface area contributed by atoms with E-state index in [2.05, 4.69) is 5.10 Å². The van der Waals surface area contributed by atoms with Crippen LogP contribution >= 0.6 is 0 Å². The molecule has 0 aliphatic carbocycles. The number of aromatic nitrogens is 3. The molecule has 5 aromatic rings. The van der Waals surface area contributed by atoms with Crippen molar-refractivity contribution >= 4 is 22.8 Å². The molecule has 2 aromatic heterocycles. The molecule has 0 saturated heterocycles. The van der Waals surface area contributed by atoms with Crippen molar-refractivity contribution in [1.82, 2.24) is 14.2 Å². The van der Waals surface area contributed by atoms with Gasteiger partial charge in [-0.15, -0.1) is 0 Å². The van der Waals surface area contributed by atoms with Gasteiger partial charge >= 0.3 is 0 Å². The summed E-state index contributed by atoms with van der Waals surface area (Å²) in [5, 5.41) is 16.4. The number of aryl methyl sites for hydroxylation is 1. The van der Waals surface area contributed by atoms with E-state index >= 15 is 0 Å². The molecule has 9 heteroatoms. The SMILES string of the molecule is COc1ccc([N+](=O)[O-])cc1-n1c(C)cc(C=Nn2c(-c3ccccc3)nc3ccccc3c2=O)c1C. The van der Waals surface area contributed by atoms with Crippen molar-refractivity contribution < 1.29 is 9.66 Å². The number of benzene rings is 3. The van der Waals surface area contributed by atoms with Gasteiger partial charge in [0.25, 0.3) is 11.2 Å². The van der Waals surface area contributed by atoms with E-state index in [1.807, 2.05) is 60.9 Å². The van der Waals surface area contributed by atoms with Crippen LogP contribution in [0.25, 0.3) is 28.0 Å². The first-order chi connectivity index (χ1) is 17.9. The minimum absolute atomic E-state index is 0.0418. The summed E-state index contributed by atoms with van der Waals surface area (Å²) in [6, 6.07) is 22.9. The first kappa shape index (κ1) is 23.7. The molecular formula is C28H23N5O4. The summed E-state index contributed by atoms with van der Waals surface area (Å²) in [5.41, 5.74) is 3.91. The number of nitrogens with zero attached hydrogens (tertiary/aromatic N) is 5. The largest absolute Gasteiger partial charge is 0.495 e.